The van der Waals surface area contributed by atoms with Crippen LogP contribution in [-0.4, -0.2) is 54.8 Å². The van der Waals surface area contributed by atoms with Crippen molar-refractivity contribution in [1.29, 1.82) is 0 Å². The van der Waals surface area contributed by atoms with E-state index in [9.17, 15) is 17.6 Å². The Hall–Kier alpha value is -2.59. The lowest BCUT2D eigenvalue weighted by atomic mass is 10.2. The molecule has 0 radical (unpaired) electrons. The number of ether oxygens (including phenoxy) is 1. The van der Waals surface area contributed by atoms with E-state index >= 15 is 0 Å². The van der Waals surface area contributed by atoms with Gasteiger partial charge in [0.25, 0.3) is 0 Å². The van der Waals surface area contributed by atoms with Crippen molar-refractivity contribution in [3.63, 3.8) is 0 Å². The third kappa shape index (κ3) is 2.90. The Morgan fingerprint density at radius 3 is 2.65 bits per heavy atom. The van der Waals surface area contributed by atoms with Crippen LogP contribution in [0.5, 0.6) is 5.75 Å². The number of hydrogen-bond donors (Lipinski definition) is 0. The minimum atomic E-state index is -3.80. The monoisotopic (exact) mass is 378 g/mol. The molecule has 0 atom stereocenters. The first-order valence-corrected chi connectivity index (χ1v) is 9.43. The van der Waals surface area contributed by atoms with Crippen LogP contribution in [0.25, 0.3) is 0 Å². The van der Waals surface area contributed by atoms with Gasteiger partial charge in [-0.25, -0.2) is 22.8 Å². The molecule has 0 unspecified atom stereocenters. The molecule has 0 bridgehead atoms. The quantitative estimate of drug-likeness (QED) is 0.776. The van der Waals surface area contributed by atoms with Crippen molar-refractivity contribution in [1.82, 2.24) is 14.3 Å². The first kappa shape index (κ1) is 16.9. The highest BCUT2D eigenvalue weighted by Crippen LogP contribution is 2.29. The molecule has 26 heavy (non-hydrogen) atoms. The maximum absolute atomic E-state index is 12.9. The van der Waals surface area contributed by atoms with Crippen molar-refractivity contribution in [2.24, 2.45) is 0 Å². The Morgan fingerprint density at radius 1 is 1.15 bits per heavy atom. The minimum absolute atomic E-state index is 0.0585. The molecule has 1 aromatic carbocycles. The Bertz CT molecular complexity index is 965. The van der Waals surface area contributed by atoms with Crippen LogP contribution in [0.3, 0.4) is 0 Å². The third-order valence-electron chi connectivity index (χ3n) is 4.33. The van der Waals surface area contributed by atoms with Gasteiger partial charge in [-0.3, -0.25) is 9.69 Å². The van der Waals surface area contributed by atoms with E-state index in [-0.39, 0.29) is 30.5 Å². The van der Waals surface area contributed by atoms with Crippen LogP contribution in [0.1, 0.15) is 5.56 Å². The molecule has 1 aromatic heterocycles. The lowest BCUT2D eigenvalue weighted by Gasteiger charge is -2.32. The number of piperazine rings is 1. The number of hydrogen-bond acceptors (Lipinski definition) is 6. The Balaban J connectivity index is 1.54. The van der Waals surface area contributed by atoms with Crippen molar-refractivity contribution in [3.05, 3.63) is 42.0 Å². The second-order valence-electron chi connectivity index (χ2n) is 5.95. The number of aromatic nitrogens is 2. The van der Waals surface area contributed by atoms with Gasteiger partial charge in [0.15, 0.2) is 5.82 Å². The third-order valence-corrected chi connectivity index (χ3v) is 6.17. The summed E-state index contributed by atoms with van der Waals surface area (Å²) in [4.78, 5) is 21.3. The smallest absolute Gasteiger partial charge is 0.244 e. The summed E-state index contributed by atoms with van der Waals surface area (Å²) >= 11 is 0. The number of fused-ring (bicyclic) bond motifs is 1. The van der Waals surface area contributed by atoms with E-state index in [1.54, 1.807) is 12.1 Å². The molecule has 0 spiro atoms. The standard InChI is InChI=1S/C16H15FN4O4S/c17-12-8-18-16(19-9-12)21-5-4-20(10-15(21)22)26(23,24)13-1-2-14-11(7-13)3-6-25-14/h1-2,7-9H,3-6,10H2. The van der Waals surface area contributed by atoms with Gasteiger partial charge in [0.05, 0.1) is 30.4 Å². The molecule has 4 rings (SSSR count). The first-order chi connectivity index (χ1) is 12.4. The van der Waals surface area contributed by atoms with Crippen LogP contribution >= 0.6 is 0 Å². The van der Waals surface area contributed by atoms with E-state index in [4.69, 9.17) is 4.74 Å². The summed E-state index contributed by atoms with van der Waals surface area (Å²) in [5.41, 5.74) is 0.843. The SMILES string of the molecule is O=C1CN(S(=O)(=O)c2ccc3c(c2)CCO3)CCN1c1ncc(F)cn1. The van der Waals surface area contributed by atoms with Crippen LogP contribution in [0, 0.1) is 5.82 Å². The van der Waals surface area contributed by atoms with Gasteiger partial charge in [-0.15, -0.1) is 0 Å². The number of carbonyl (C=O) groups excluding carboxylic acids is 1. The van der Waals surface area contributed by atoms with Crippen LogP contribution in [0.2, 0.25) is 0 Å². The van der Waals surface area contributed by atoms with Crippen molar-refractivity contribution in [2.75, 3.05) is 31.1 Å². The Labute approximate surface area is 149 Å². The van der Waals surface area contributed by atoms with E-state index in [1.807, 2.05) is 0 Å². The lowest BCUT2D eigenvalue weighted by molar-refractivity contribution is -0.120. The number of rotatable bonds is 3. The molecule has 2 aliphatic heterocycles. The van der Waals surface area contributed by atoms with Crippen molar-refractivity contribution >= 4 is 21.9 Å². The fourth-order valence-electron chi connectivity index (χ4n) is 2.99. The molecule has 0 N–H and O–H groups in total. The Kier molecular flexibility index (Phi) is 4.08. The molecule has 1 saturated heterocycles. The van der Waals surface area contributed by atoms with Crippen molar-refractivity contribution in [2.45, 2.75) is 11.3 Å². The summed E-state index contributed by atoms with van der Waals surface area (Å²) in [5.74, 6) is -0.319. The van der Waals surface area contributed by atoms with Gasteiger partial charge in [-0.05, 0) is 23.8 Å². The highest BCUT2D eigenvalue weighted by atomic mass is 32.2. The maximum atomic E-state index is 12.9. The number of carbonyl (C=O) groups is 1. The molecule has 136 valence electrons. The molecule has 2 aromatic rings. The van der Waals surface area contributed by atoms with Gasteiger partial charge in [0.2, 0.25) is 21.9 Å². The molecule has 3 heterocycles. The number of amides is 1. The summed E-state index contributed by atoms with van der Waals surface area (Å²) in [6.45, 7) is 0.407. The van der Waals surface area contributed by atoms with Gasteiger partial charge >= 0.3 is 0 Å². The topological polar surface area (TPSA) is 92.7 Å². The van der Waals surface area contributed by atoms with Gasteiger partial charge in [-0.1, -0.05) is 0 Å². The molecule has 8 nitrogen and oxygen atoms in total. The van der Waals surface area contributed by atoms with E-state index < -0.39 is 21.7 Å². The predicted octanol–water partition coefficient (Wildman–Crippen LogP) is 0.588. The minimum Gasteiger partial charge on any atom is -0.493 e. The normalized spacial score (nSPS) is 17.9. The van der Waals surface area contributed by atoms with Crippen LogP contribution in [0.15, 0.2) is 35.5 Å². The fourth-order valence-corrected chi connectivity index (χ4v) is 4.42. The Morgan fingerprint density at radius 2 is 1.92 bits per heavy atom. The fraction of sp³-hybridized carbons (Fsp3) is 0.312. The summed E-state index contributed by atoms with van der Waals surface area (Å²) in [6, 6.07) is 4.72. The van der Waals surface area contributed by atoms with Crippen molar-refractivity contribution < 1.29 is 22.3 Å². The van der Waals surface area contributed by atoms with E-state index in [0.29, 0.717) is 18.8 Å². The van der Waals surface area contributed by atoms with Crippen LogP contribution < -0.4 is 9.64 Å². The van der Waals surface area contributed by atoms with E-state index in [0.717, 1.165) is 22.3 Å². The average molecular weight is 378 g/mol. The second-order valence-corrected chi connectivity index (χ2v) is 7.89. The zero-order chi connectivity index (χ0) is 18.3. The number of halogens is 1. The predicted molar refractivity (Wildman–Crippen MR) is 88.7 cm³/mol. The molecule has 1 amide bonds. The zero-order valence-electron chi connectivity index (χ0n) is 13.6. The number of sulfonamides is 1. The van der Waals surface area contributed by atoms with Gasteiger partial charge in [-0.2, -0.15) is 4.31 Å². The molecule has 10 heteroatoms. The summed E-state index contributed by atoms with van der Waals surface area (Å²) in [6.07, 6.45) is 2.59. The van der Waals surface area contributed by atoms with E-state index in [2.05, 4.69) is 9.97 Å². The van der Waals surface area contributed by atoms with Gasteiger partial charge in [0, 0.05) is 19.5 Å². The highest BCUT2D eigenvalue weighted by molar-refractivity contribution is 7.89. The van der Waals surface area contributed by atoms with E-state index in [1.165, 1.54) is 11.0 Å². The zero-order valence-corrected chi connectivity index (χ0v) is 14.4. The average Bonchev–Trinajstić information content (AvgIpc) is 3.10. The number of anilines is 1. The molecule has 2 aliphatic rings. The largest absolute Gasteiger partial charge is 0.493 e. The molecule has 0 saturated carbocycles. The maximum Gasteiger partial charge on any atom is 0.244 e. The molecule has 0 aliphatic carbocycles. The van der Waals surface area contributed by atoms with Crippen LogP contribution in [-0.2, 0) is 21.2 Å². The lowest BCUT2D eigenvalue weighted by Crippen LogP contribution is -2.52. The highest BCUT2D eigenvalue weighted by Gasteiger charge is 2.34. The summed E-state index contributed by atoms with van der Waals surface area (Å²) < 4.78 is 45.2. The van der Waals surface area contributed by atoms with Gasteiger partial charge in [0.1, 0.15) is 5.75 Å². The summed E-state index contributed by atoms with van der Waals surface area (Å²) in [5, 5.41) is 0. The summed E-state index contributed by atoms with van der Waals surface area (Å²) in [7, 11) is -3.80. The molecule has 1 fully saturated rings. The number of benzene rings is 1. The second kappa shape index (κ2) is 6.29. The van der Waals surface area contributed by atoms with Crippen molar-refractivity contribution in [3.8, 4) is 5.75 Å². The number of nitrogens with zero attached hydrogens (tertiary/aromatic N) is 4. The molecular weight excluding hydrogens is 363 g/mol. The molecular formula is C16H15FN4O4S. The first-order valence-electron chi connectivity index (χ1n) is 7.99. The van der Waals surface area contributed by atoms with Gasteiger partial charge < -0.3 is 4.74 Å². The van der Waals surface area contributed by atoms with Crippen LogP contribution in [0.4, 0.5) is 10.3 Å².